The molecule has 1 aromatic rings. The van der Waals surface area contributed by atoms with E-state index in [9.17, 15) is 0 Å². The van der Waals surface area contributed by atoms with E-state index < -0.39 is 0 Å². The number of aliphatic hydroxyl groups is 1. The van der Waals surface area contributed by atoms with Crippen molar-refractivity contribution in [3.8, 4) is 5.75 Å². The van der Waals surface area contributed by atoms with Gasteiger partial charge in [-0.1, -0.05) is 19.9 Å². The second-order valence-electron chi connectivity index (χ2n) is 4.71. The number of anilines is 1. The molecule has 0 spiro atoms. The number of nitrogens with two attached hydrogens (primary N) is 1. The summed E-state index contributed by atoms with van der Waals surface area (Å²) in [7, 11) is 0. The van der Waals surface area contributed by atoms with E-state index in [1.165, 1.54) is 5.56 Å². The maximum absolute atomic E-state index is 9.09. The largest absolute Gasteiger partial charge is 0.491 e. The van der Waals surface area contributed by atoms with E-state index in [1.807, 2.05) is 18.2 Å². The van der Waals surface area contributed by atoms with Gasteiger partial charge in [0, 0.05) is 6.04 Å². The third kappa shape index (κ3) is 5.49. The highest BCUT2D eigenvalue weighted by Gasteiger charge is 2.04. The Bertz CT molecular complexity index is 365. The van der Waals surface area contributed by atoms with Crippen LogP contribution < -0.4 is 15.8 Å². The number of hydrogen-bond acceptors (Lipinski definition) is 4. The highest BCUT2D eigenvalue weighted by Crippen LogP contribution is 2.22. The summed E-state index contributed by atoms with van der Waals surface area (Å²) in [6, 6.07) is 6.13. The second kappa shape index (κ2) is 8.77. The Morgan fingerprint density at radius 3 is 2.74 bits per heavy atom. The van der Waals surface area contributed by atoms with Crippen LogP contribution in [0.5, 0.6) is 5.75 Å². The van der Waals surface area contributed by atoms with Crippen LogP contribution in [0.25, 0.3) is 0 Å². The molecule has 1 unspecified atom stereocenters. The minimum Gasteiger partial charge on any atom is -0.491 e. The fourth-order valence-electron chi connectivity index (χ4n) is 1.86. The summed E-state index contributed by atoms with van der Waals surface area (Å²) >= 11 is 0. The van der Waals surface area contributed by atoms with Gasteiger partial charge in [-0.25, -0.2) is 0 Å². The first kappa shape index (κ1) is 15.8. The van der Waals surface area contributed by atoms with Crippen LogP contribution >= 0.6 is 0 Å². The average molecular weight is 266 g/mol. The van der Waals surface area contributed by atoms with Crippen molar-refractivity contribution in [1.82, 2.24) is 5.32 Å². The number of aliphatic hydroxyl groups excluding tert-OH is 1. The van der Waals surface area contributed by atoms with E-state index in [1.54, 1.807) is 0 Å². The van der Waals surface area contributed by atoms with Gasteiger partial charge in [-0.3, -0.25) is 0 Å². The van der Waals surface area contributed by atoms with E-state index in [0.717, 1.165) is 31.6 Å². The fraction of sp³-hybridized carbons (Fsp3) is 0.600. The first-order valence-corrected chi connectivity index (χ1v) is 7.06. The summed E-state index contributed by atoms with van der Waals surface area (Å²) < 4.78 is 5.54. The van der Waals surface area contributed by atoms with Gasteiger partial charge in [-0.05, 0) is 43.5 Å². The van der Waals surface area contributed by atoms with Crippen LogP contribution in [0.15, 0.2) is 18.2 Å². The van der Waals surface area contributed by atoms with Gasteiger partial charge in [-0.2, -0.15) is 0 Å². The first-order valence-electron chi connectivity index (χ1n) is 7.06. The molecule has 1 rings (SSSR count). The van der Waals surface area contributed by atoms with Crippen molar-refractivity contribution >= 4 is 5.69 Å². The molecular weight excluding hydrogens is 240 g/mol. The quantitative estimate of drug-likeness (QED) is 0.598. The molecule has 4 nitrogen and oxygen atoms in total. The molecule has 0 aliphatic heterocycles. The van der Waals surface area contributed by atoms with Crippen molar-refractivity contribution in [2.24, 2.45) is 0 Å². The lowest BCUT2D eigenvalue weighted by Crippen LogP contribution is -2.33. The Labute approximate surface area is 116 Å². The molecule has 19 heavy (non-hydrogen) atoms. The minimum atomic E-state index is 0.183. The molecule has 0 aliphatic carbocycles. The lowest BCUT2D eigenvalue weighted by molar-refractivity contribution is 0.240. The Balaban J connectivity index is 2.44. The molecule has 0 saturated carbocycles. The molecular formula is C15H26N2O2. The van der Waals surface area contributed by atoms with Crippen LogP contribution in [-0.4, -0.2) is 30.9 Å². The van der Waals surface area contributed by atoms with E-state index in [-0.39, 0.29) is 12.6 Å². The molecule has 1 atom stereocenters. The zero-order valence-electron chi connectivity index (χ0n) is 12.0. The average Bonchev–Trinajstić information content (AvgIpc) is 2.43. The van der Waals surface area contributed by atoms with Gasteiger partial charge in [0.15, 0.2) is 0 Å². The molecule has 0 saturated heterocycles. The van der Waals surface area contributed by atoms with Crippen LogP contribution in [0.2, 0.25) is 0 Å². The number of benzene rings is 1. The van der Waals surface area contributed by atoms with Crippen molar-refractivity contribution in [1.29, 1.82) is 0 Å². The number of ether oxygens (including phenoxy) is 1. The van der Waals surface area contributed by atoms with E-state index in [0.29, 0.717) is 12.3 Å². The highest BCUT2D eigenvalue weighted by atomic mass is 16.5. The summed E-state index contributed by atoms with van der Waals surface area (Å²) in [6.07, 6.45) is 2.81. The number of nitrogens with one attached hydrogen (secondary N) is 1. The third-order valence-corrected chi connectivity index (χ3v) is 3.10. The summed E-state index contributed by atoms with van der Waals surface area (Å²) in [4.78, 5) is 0. The summed E-state index contributed by atoms with van der Waals surface area (Å²) in [5, 5.41) is 12.4. The molecule has 108 valence electrons. The zero-order chi connectivity index (χ0) is 14.1. The maximum Gasteiger partial charge on any atom is 0.142 e. The third-order valence-electron chi connectivity index (χ3n) is 3.10. The monoisotopic (exact) mass is 266 g/mol. The van der Waals surface area contributed by atoms with Gasteiger partial charge in [0.2, 0.25) is 0 Å². The van der Waals surface area contributed by atoms with Crippen LogP contribution in [0, 0.1) is 0 Å². The standard InChI is InChI=1S/C15H26N2O2/c1-3-9-19-15-6-5-12(10-14(15)16)7-8-17-13(4-2)11-18/h5-6,10,13,17-18H,3-4,7-9,11,16H2,1-2H3. The Morgan fingerprint density at radius 2 is 2.16 bits per heavy atom. The van der Waals surface area contributed by atoms with E-state index in [4.69, 9.17) is 15.6 Å². The number of hydrogen-bond donors (Lipinski definition) is 3. The number of rotatable bonds is 9. The van der Waals surface area contributed by atoms with Crippen LogP contribution in [0.1, 0.15) is 32.3 Å². The fourth-order valence-corrected chi connectivity index (χ4v) is 1.86. The van der Waals surface area contributed by atoms with Crippen LogP contribution in [0.3, 0.4) is 0 Å². The summed E-state index contributed by atoms with van der Waals surface area (Å²) in [5.41, 5.74) is 7.84. The van der Waals surface area contributed by atoms with Crippen molar-refractivity contribution in [3.63, 3.8) is 0 Å². The lowest BCUT2D eigenvalue weighted by atomic mass is 10.1. The van der Waals surface area contributed by atoms with Gasteiger partial charge >= 0.3 is 0 Å². The molecule has 0 aliphatic rings. The Hall–Kier alpha value is -1.26. The molecule has 0 heterocycles. The highest BCUT2D eigenvalue weighted by molar-refractivity contribution is 5.54. The molecule has 0 aromatic heterocycles. The van der Waals surface area contributed by atoms with Crippen molar-refractivity contribution in [2.45, 2.75) is 39.2 Å². The molecule has 4 N–H and O–H groups in total. The van der Waals surface area contributed by atoms with Gasteiger partial charge in [0.05, 0.1) is 18.9 Å². The van der Waals surface area contributed by atoms with Crippen molar-refractivity contribution in [2.75, 3.05) is 25.5 Å². The predicted octanol–water partition coefficient (Wildman–Crippen LogP) is 1.96. The maximum atomic E-state index is 9.09. The van der Waals surface area contributed by atoms with E-state index in [2.05, 4.69) is 19.2 Å². The first-order chi connectivity index (χ1) is 9.21. The second-order valence-corrected chi connectivity index (χ2v) is 4.71. The molecule has 0 bridgehead atoms. The van der Waals surface area contributed by atoms with Crippen molar-refractivity contribution in [3.05, 3.63) is 23.8 Å². The molecule has 4 heteroatoms. The van der Waals surface area contributed by atoms with Crippen LogP contribution in [0.4, 0.5) is 5.69 Å². The lowest BCUT2D eigenvalue weighted by Gasteiger charge is -2.14. The summed E-state index contributed by atoms with van der Waals surface area (Å²) in [5.74, 6) is 0.764. The van der Waals surface area contributed by atoms with Gasteiger partial charge < -0.3 is 20.9 Å². The Morgan fingerprint density at radius 1 is 1.37 bits per heavy atom. The van der Waals surface area contributed by atoms with E-state index >= 15 is 0 Å². The number of nitrogen functional groups attached to an aromatic ring is 1. The molecule has 1 aromatic carbocycles. The van der Waals surface area contributed by atoms with Gasteiger partial charge in [0.1, 0.15) is 5.75 Å². The minimum absolute atomic E-state index is 0.183. The van der Waals surface area contributed by atoms with Crippen molar-refractivity contribution < 1.29 is 9.84 Å². The smallest absolute Gasteiger partial charge is 0.142 e. The molecule has 0 radical (unpaired) electrons. The predicted molar refractivity (Wildman–Crippen MR) is 79.5 cm³/mol. The normalized spacial score (nSPS) is 12.4. The van der Waals surface area contributed by atoms with Gasteiger partial charge in [-0.15, -0.1) is 0 Å². The SMILES string of the molecule is CCCOc1ccc(CCNC(CC)CO)cc1N. The summed E-state index contributed by atoms with van der Waals surface area (Å²) in [6.45, 7) is 5.85. The molecule has 0 amide bonds. The van der Waals surface area contributed by atoms with Gasteiger partial charge in [0.25, 0.3) is 0 Å². The Kier molecular flexibility index (Phi) is 7.30. The molecule has 0 fully saturated rings. The topological polar surface area (TPSA) is 67.5 Å². The van der Waals surface area contributed by atoms with Crippen LogP contribution in [-0.2, 0) is 6.42 Å². The zero-order valence-corrected chi connectivity index (χ0v) is 12.0.